The summed E-state index contributed by atoms with van der Waals surface area (Å²) in [6.45, 7) is 2.84. The first-order valence-corrected chi connectivity index (χ1v) is 10.7. The molecule has 0 spiro atoms. The summed E-state index contributed by atoms with van der Waals surface area (Å²) in [6, 6.07) is 11.5. The molecule has 1 N–H and O–H groups in total. The Morgan fingerprint density at radius 2 is 1.93 bits per heavy atom. The minimum atomic E-state index is -3.66. The van der Waals surface area contributed by atoms with Gasteiger partial charge < -0.3 is 4.90 Å². The second kappa shape index (κ2) is 8.19. The Bertz CT molecular complexity index is 944. The molecule has 7 heteroatoms. The molecule has 144 valence electrons. The van der Waals surface area contributed by atoms with Crippen molar-refractivity contribution < 1.29 is 17.6 Å². The molecule has 0 radical (unpaired) electrons. The Morgan fingerprint density at radius 3 is 2.67 bits per heavy atom. The normalized spacial score (nSPS) is 14.3. The monoisotopic (exact) mass is 390 g/mol. The first kappa shape index (κ1) is 19.5. The molecule has 0 fully saturated rings. The molecule has 0 bridgehead atoms. The third-order valence-corrected chi connectivity index (χ3v) is 5.87. The lowest BCUT2D eigenvalue weighted by Crippen LogP contribution is -2.35. The third kappa shape index (κ3) is 4.73. The average molecular weight is 390 g/mol. The summed E-state index contributed by atoms with van der Waals surface area (Å²) in [7, 11) is -3.66. The molecule has 1 aliphatic heterocycles. The summed E-state index contributed by atoms with van der Waals surface area (Å²) >= 11 is 0. The van der Waals surface area contributed by atoms with Crippen LogP contribution >= 0.6 is 0 Å². The number of rotatable bonds is 7. The van der Waals surface area contributed by atoms with E-state index in [0.29, 0.717) is 19.4 Å². The van der Waals surface area contributed by atoms with Gasteiger partial charge in [-0.15, -0.1) is 0 Å². The van der Waals surface area contributed by atoms with Gasteiger partial charge >= 0.3 is 0 Å². The molecule has 27 heavy (non-hydrogen) atoms. The Balaban J connectivity index is 1.70. The molecular weight excluding hydrogens is 367 g/mol. The van der Waals surface area contributed by atoms with Gasteiger partial charge in [0, 0.05) is 30.8 Å². The van der Waals surface area contributed by atoms with Crippen molar-refractivity contribution in [3.8, 4) is 0 Å². The first-order chi connectivity index (χ1) is 12.9. The van der Waals surface area contributed by atoms with Crippen molar-refractivity contribution in [3.63, 3.8) is 0 Å². The van der Waals surface area contributed by atoms with Crippen LogP contribution in [0, 0.1) is 5.82 Å². The van der Waals surface area contributed by atoms with E-state index in [1.165, 1.54) is 18.2 Å². The average Bonchev–Trinajstić information content (AvgIpc) is 2.64. The zero-order chi connectivity index (χ0) is 19.4. The molecule has 1 heterocycles. The van der Waals surface area contributed by atoms with Crippen LogP contribution < -0.4 is 9.62 Å². The summed E-state index contributed by atoms with van der Waals surface area (Å²) in [5, 5.41) is 0. The number of nitrogens with zero attached hydrogens (tertiary/aromatic N) is 1. The van der Waals surface area contributed by atoms with Gasteiger partial charge in [-0.05, 0) is 36.1 Å². The Hall–Kier alpha value is -2.25. The number of anilines is 1. The molecule has 1 aliphatic rings. The zero-order valence-electron chi connectivity index (χ0n) is 15.2. The number of nitrogens with one attached hydrogen (secondary N) is 1. The van der Waals surface area contributed by atoms with Gasteiger partial charge in [0.05, 0.1) is 5.75 Å². The second-order valence-electron chi connectivity index (χ2n) is 6.68. The predicted molar refractivity (Wildman–Crippen MR) is 103 cm³/mol. The molecule has 5 nitrogen and oxygen atoms in total. The van der Waals surface area contributed by atoms with Crippen molar-refractivity contribution in [2.75, 3.05) is 11.4 Å². The number of amides is 1. The maximum absolute atomic E-state index is 13.7. The summed E-state index contributed by atoms with van der Waals surface area (Å²) in [5.41, 5.74) is 2.92. The SMILES string of the molecule is CCCN1C(=O)CCc2cc(CNS(=O)(=O)Cc3ccccc3F)ccc21. The van der Waals surface area contributed by atoms with Gasteiger partial charge in [-0.1, -0.05) is 37.3 Å². The van der Waals surface area contributed by atoms with Gasteiger partial charge in [-0.25, -0.2) is 17.5 Å². The van der Waals surface area contributed by atoms with Gasteiger partial charge in [0.15, 0.2) is 0 Å². The number of hydrogen-bond acceptors (Lipinski definition) is 3. The molecule has 0 aliphatic carbocycles. The minimum absolute atomic E-state index is 0.127. The van der Waals surface area contributed by atoms with Crippen LogP contribution in [-0.4, -0.2) is 20.9 Å². The van der Waals surface area contributed by atoms with Crippen molar-refractivity contribution in [1.82, 2.24) is 4.72 Å². The number of carbonyl (C=O) groups is 1. The van der Waals surface area contributed by atoms with Gasteiger partial charge in [0.25, 0.3) is 0 Å². The van der Waals surface area contributed by atoms with E-state index in [-0.39, 0.29) is 18.0 Å². The van der Waals surface area contributed by atoms with Crippen molar-refractivity contribution in [1.29, 1.82) is 0 Å². The first-order valence-electron chi connectivity index (χ1n) is 9.02. The highest BCUT2D eigenvalue weighted by atomic mass is 32.2. The zero-order valence-corrected chi connectivity index (χ0v) is 16.1. The fourth-order valence-corrected chi connectivity index (χ4v) is 4.39. The minimum Gasteiger partial charge on any atom is -0.312 e. The lowest BCUT2D eigenvalue weighted by atomic mass is 9.98. The van der Waals surface area contributed by atoms with Crippen LogP contribution in [0.1, 0.15) is 36.5 Å². The smallest absolute Gasteiger partial charge is 0.227 e. The van der Waals surface area contributed by atoms with E-state index in [9.17, 15) is 17.6 Å². The Kier molecular flexibility index (Phi) is 5.92. The largest absolute Gasteiger partial charge is 0.312 e. The number of carbonyl (C=O) groups excluding carboxylic acids is 1. The van der Waals surface area contributed by atoms with Crippen LogP contribution in [0.3, 0.4) is 0 Å². The number of fused-ring (bicyclic) bond motifs is 1. The lowest BCUT2D eigenvalue weighted by Gasteiger charge is -2.29. The van der Waals surface area contributed by atoms with Gasteiger partial charge in [-0.2, -0.15) is 0 Å². The molecule has 0 atom stereocenters. The fourth-order valence-electron chi connectivity index (χ4n) is 3.26. The molecular formula is C20H23FN2O3S. The molecule has 2 aromatic carbocycles. The Labute approximate surface area is 159 Å². The quantitative estimate of drug-likeness (QED) is 0.790. The van der Waals surface area contributed by atoms with E-state index in [2.05, 4.69) is 4.72 Å². The highest BCUT2D eigenvalue weighted by molar-refractivity contribution is 7.88. The van der Waals surface area contributed by atoms with Crippen LogP contribution in [0.25, 0.3) is 0 Å². The summed E-state index contributed by atoms with van der Waals surface area (Å²) in [4.78, 5) is 13.9. The van der Waals surface area contributed by atoms with E-state index in [1.807, 2.05) is 25.1 Å². The fraction of sp³-hybridized carbons (Fsp3) is 0.350. The van der Waals surface area contributed by atoms with Crippen molar-refractivity contribution >= 4 is 21.6 Å². The molecule has 1 amide bonds. The van der Waals surface area contributed by atoms with E-state index in [0.717, 1.165) is 23.2 Å². The highest BCUT2D eigenvalue weighted by Crippen LogP contribution is 2.29. The molecule has 0 aromatic heterocycles. The molecule has 0 saturated carbocycles. The Morgan fingerprint density at radius 1 is 1.15 bits per heavy atom. The second-order valence-corrected chi connectivity index (χ2v) is 8.49. The summed E-state index contributed by atoms with van der Waals surface area (Å²) < 4.78 is 40.7. The van der Waals surface area contributed by atoms with Crippen LogP contribution in [0.4, 0.5) is 10.1 Å². The van der Waals surface area contributed by atoms with E-state index in [4.69, 9.17) is 0 Å². The van der Waals surface area contributed by atoms with Gasteiger partial charge in [-0.3, -0.25) is 4.79 Å². The maximum Gasteiger partial charge on any atom is 0.227 e. The lowest BCUT2D eigenvalue weighted by molar-refractivity contribution is -0.118. The maximum atomic E-state index is 13.7. The number of sulfonamides is 1. The van der Waals surface area contributed by atoms with E-state index >= 15 is 0 Å². The number of benzene rings is 2. The van der Waals surface area contributed by atoms with Gasteiger partial charge in [0.2, 0.25) is 15.9 Å². The predicted octanol–water partition coefficient (Wildman–Crippen LogP) is 3.13. The molecule has 2 aromatic rings. The number of halogens is 1. The standard InChI is InChI=1S/C20H23FN2O3S/c1-2-11-23-19-9-7-15(12-16(19)8-10-20(23)24)13-22-27(25,26)14-17-5-3-4-6-18(17)21/h3-7,9,12,22H,2,8,10-11,13-14H2,1H3. The number of hydrogen-bond donors (Lipinski definition) is 1. The van der Waals surface area contributed by atoms with Crippen LogP contribution in [0.15, 0.2) is 42.5 Å². The van der Waals surface area contributed by atoms with Crippen LogP contribution in [0.5, 0.6) is 0 Å². The van der Waals surface area contributed by atoms with E-state index in [1.54, 1.807) is 11.0 Å². The summed E-state index contributed by atoms with van der Waals surface area (Å²) in [6.07, 6.45) is 2.00. The number of aryl methyl sites for hydroxylation is 1. The molecule has 3 rings (SSSR count). The summed E-state index contributed by atoms with van der Waals surface area (Å²) in [5.74, 6) is -0.802. The van der Waals surface area contributed by atoms with Crippen LogP contribution in [0.2, 0.25) is 0 Å². The van der Waals surface area contributed by atoms with Gasteiger partial charge in [0.1, 0.15) is 5.82 Å². The van der Waals surface area contributed by atoms with E-state index < -0.39 is 21.6 Å². The third-order valence-electron chi connectivity index (χ3n) is 4.59. The van der Waals surface area contributed by atoms with Crippen LogP contribution in [-0.2, 0) is 33.5 Å². The topological polar surface area (TPSA) is 66.5 Å². The highest BCUT2D eigenvalue weighted by Gasteiger charge is 2.23. The molecule has 0 unspecified atom stereocenters. The van der Waals surface area contributed by atoms with Crippen molar-refractivity contribution in [2.45, 2.75) is 38.5 Å². The molecule has 0 saturated heterocycles. The van der Waals surface area contributed by atoms with Crippen molar-refractivity contribution in [3.05, 3.63) is 65.0 Å². The van der Waals surface area contributed by atoms with Crippen molar-refractivity contribution in [2.24, 2.45) is 0 Å².